The van der Waals surface area contributed by atoms with Gasteiger partial charge in [-0.1, -0.05) is 46.4 Å². The number of aryl methyl sites for hydroxylation is 1. The first-order chi connectivity index (χ1) is 31.0. The molecule has 15 nitrogen and oxygen atoms in total. The maximum Gasteiger partial charge on any atom is 0.324 e. The number of likely N-dealkylation sites (tertiary alicyclic amines) is 1. The number of ether oxygens (including phenoxy) is 2. The summed E-state index contributed by atoms with van der Waals surface area (Å²) < 4.78 is 14.2. The number of nitrogens with zero attached hydrogens (tertiary/aromatic N) is 6. The fraction of sp³-hybridized carbons (Fsp3) is 0.500. The number of likely N-dealkylation sites (N-methyl/N-ethyl adjacent to an activating group) is 1. The lowest BCUT2D eigenvalue weighted by Gasteiger charge is -2.37. The van der Waals surface area contributed by atoms with Crippen LogP contribution in [0.3, 0.4) is 0 Å². The lowest BCUT2D eigenvalue weighted by molar-refractivity contribution is -0.155. The number of pyridine rings is 2. The molecule has 3 aliphatic heterocycles. The molecule has 4 unspecified atom stereocenters. The van der Waals surface area contributed by atoms with Crippen LogP contribution in [0.15, 0.2) is 67.4 Å². The summed E-state index contributed by atoms with van der Waals surface area (Å²) in [4.78, 5) is 82.2. The molecule has 6 heterocycles. The molecule has 2 N–H and O–H groups in total. The smallest absolute Gasteiger partial charge is 0.324 e. The predicted molar refractivity (Wildman–Crippen MR) is 248 cm³/mol. The van der Waals surface area contributed by atoms with Crippen molar-refractivity contribution in [1.29, 1.82) is 0 Å². The fourth-order valence-corrected chi connectivity index (χ4v) is 9.71. The summed E-state index contributed by atoms with van der Waals surface area (Å²) in [6, 6.07) is 13.2. The normalized spacial score (nSPS) is 21.1. The highest BCUT2D eigenvalue weighted by Crippen LogP contribution is 2.42. The van der Waals surface area contributed by atoms with Gasteiger partial charge in [0.1, 0.15) is 18.1 Å². The van der Waals surface area contributed by atoms with Crippen molar-refractivity contribution in [2.75, 3.05) is 40.4 Å². The van der Waals surface area contributed by atoms with Crippen LogP contribution in [0.25, 0.3) is 33.4 Å². The molecule has 1 aromatic carbocycles. The summed E-state index contributed by atoms with van der Waals surface area (Å²) in [6.45, 7) is 17.4. The number of nitrogens with one attached hydrogen (secondary N) is 2. The third-order valence-electron chi connectivity index (χ3n) is 13.1. The number of hydrogen-bond donors (Lipinski definition) is 2. The number of aromatic nitrogens is 3. The Labute approximate surface area is 381 Å². The Morgan fingerprint density at radius 1 is 1.09 bits per heavy atom. The van der Waals surface area contributed by atoms with Crippen LogP contribution in [0.4, 0.5) is 0 Å². The van der Waals surface area contributed by atoms with Crippen molar-refractivity contribution in [2.24, 2.45) is 17.3 Å². The molecule has 4 amide bonds. The largest absolute Gasteiger partial charge is 0.464 e. The third-order valence-corrected chi connectivity index (χ3v) is 13.1. The van der Waals surface area contributed by atoms with E-state index >= 15 is 0 Å². The molecule has 346 valence electrons. The highest BCUT2D eigenvalue weighted by atomic mass is 16.5. The van der Waals surface area contributed by atoms with Crippen molar-refractivity contribution in [3.05, 3.63) is 84.3 Å². The van der Waals surface area contributed by atoms with E-state index in [-0.39, 0.29) is 43.4 Å². The molecule has 15 heteroatoms. The second kappa shape index (κ2) is 19.7. The third kappa shape index (κ3) is 9.86. The van der Waals surface area contributed by atoms with Gasteiger partial charge in [-0.2, -0.15) is 0 Å². The molecule has 2 fully saturated rings. The molecule has 7 rings (SSSR count). The number of rotatable bonds is 10. The predicted octanol–water partition coefficient (Wildman–Crippen LogP) is 5.66. The highest BCUT2D eigenvalue weighted by molar-refractivity contribution is 5.96. The van der Waals surface area contributed by atoms with Crippen LogP contribution in [0, 0.1) is 17.3 Å². The summed E-state index contributed by atoms with van der Waals surface area (Å²) in [6.07, 6.45) is 4.83. The zero-order chi connectivity index (χ0) is 46.7. The van der Waals surface area contributed by atoms with Crippen LogP contribution in [0.5, 0.6) is 0 Å². The Bertz CT molecular complexity index is 2460. The maximum atomic E-state index is 14.7. The van der Waals surface area contributed by atoms with Gasteiger partial charge in [0.05, 0.1) is 35.7 Å². The van der Waals surface area contributed by atoms with Crippen LogP contribution in [0.1, 0.15) is 83.9 Å². The Kier molecular flexibility index (Phi) is 14.2. The Morgan fingerprint density at radius 3 is 2.60 bits per heavy atom. The van der Waals surface area contributed by atoms with Gasteiger partial charge >= 0.3 is 5.97 Å². The zero-order valence-corrected chi connectivity index (χ0v) is 39.1. The standard InChI is InChI=1S/C50H64N8O7/c1-10-42(59)56-24-21-33(28-56)47(61)55(8)44(30(3)4)46(60)53-40-26-34-15-12-17-38(52-34)32-19-20-41-36(25-32)37(45(57(41)11-2)35-16-13-22-51-43(35)31(5)64-9)27-50(6,7)29-65-49(63)39-18-14-23-58(54-39)48(40)62/h10,12-13,15-17,19-20,22,25,30-31,33,39-40,44,54H,1,11,14,18,21,23-24,26-29H2,2-9H3,(H,53,60)/t31?,33?,39-,40?,44?/m0/s1. The van der Waals surface area contributed by atoms with E-state index in [1.807, 2.05) is 45.0 Å². The van der Waals surface area contributed by atoms with Gasteiger partial charge < -0.3 is 29.2 Å². The second-order valence-corrected chi connectivity index (χ2v) is 18.8. The molecule has 2 saturated heterocycles. The molecule has 0 radical (unpaired) electrons. The van der Waals surface area contributed by atoms with E-state index in [1.165, 1.54) is 16.0 Å². The molecule has 0 saturated carbocycles. The molecule has 6 bridgehead atoms. The molecule has 4 aromatic rings. The number of methoxy groups -OCH3 is 1. The van der Waals surface area contributed by atoms with Gasteiger partial charge in [-0.15, -0.1) is 0 Å². The van der Waals surface area contributed by atoms with Crippen molar-refractivity contribution in [3.63, 3.8) is 0 Å². The van der Waals surface area contributed by atoms with Crippen molar-refractivity contribution in [3.8, 4) is 22.5 Å². The van der Waals surface area contributed by atoms with E-state index in [9.17, 15) is 24.0 Å². The van der Waals surface area contributed by atoms with Gasteiger partial charge in [0, 0.05) is 86.1 Å². The fourth-order valence-electron chi connectivity index (χ4n) is 9.71. The van der Waals surface area contributed by atoms with Gasteiger partial charge in [-0.3, -0.25) is 38.9 Å². The van der Waals surface area contributed by atoms with Crippen molar-refractivity contribution in [2.45, 2.75) is 104 Å². The Morgan fingerprint density at radius 2 is 1.88 bits per heavy atom. The van der Waals surface area contributed by atoms with E-state index < -0.39 is 47.2 Å². The molecule has 65 heavy (non-hydrogen) atoms. The van der Waals surface area contributed by atoms with Gasteiger partial charge in [0.2, 0.25) is 17.7 Å². The first kappa shape index (κ1) is 47.0. The number of cyclic esters (lactones) is 1. The van der Waals surface area contributed by atoms with Crippen LogP contribution in [-0.2, 0) is 52.8 Å². The zero-order valence-electron chi connectivity index (χ0n) is 39.1. The lowest BCUT2D eigenvalue weighted by atomic mass is 9.84. The average molecular weight is 889 g/mol. The molecule has 0 spiro atoms. The highest BCUT2D eigenvalue weighted by Gasteiger charge is 2.40. The number of carbonyl (C=O) groups excluding carboxylic acids is 5. The SMILES string of the molecule is C=CC(=O)N1CCC(C(=O)N(C)C(C(=O)NC2Cc3cccc(n3)-c3ccc4c(c3)c(c(-c3cccnc3C(C)OC)n4CC)CC(C)(C)COC(=O)[C@@H]3CCCN(N3)C2=O)C(C)C)C1. The molecule has 3 aliphatic rings. The number of amides is 4. The number of esters is 1. The Balaban J connectivity index is 1.29. The first-order valence-electron chi connectivity index (χ1n) is 22.9. The van der Waals surface area contributed by atoms with Crippen molar-refractivity contribution in [1.82, 2.24) is 40.1 Å². The van der Waals surface area contributed by atoms with Crippen molar-refractivity contribution >= 4 is 40.5 Å². The monoisotopic (exact) mass is 888 g/mol. The second-order valence-electron chi connectivity index (χ2n) is 18.8. The topological polar surface area (TPSA) is 168 Å². The van der Waals surface area contributed by atoms with Crippen LogP contribution < -0.4 is 10.7 Å². The number of benzene rings is 1. The first-order valence-corrected chi connectivity index (χ1v) is 22.9. The van der Waals surface area contributed by atoms with Crippen molar-refractivity contribution < 1.29 is 33.4 Å². The number of carbonyl (C=O) groups is 5. The molecule has 3 aromatic heterocycles. The summed E-state index contributed by atoms with van der Waals surface area (Å²) in [5.74, 6) is -2.68. The lowest BCUT2D eigenvalue weighted by Crippen LogP contribution is -2.62. The minimum absolute atomic E-state index is 0.0367. The van der Waals surface area contributed by atoms with E-state index in [0.717, 1.165) is 39.0 Å². The van der Waals surface area contributed by atoms with Gasteiger partial charge in [-0.05, 0) is 93.5 Å². The van der Waals surface area contributed by atoms with E-state index in [4.69, 9.17) is 19.4 Å². The minimum atomic E-state index is -1.11. The van der Waals surface area contributed by atoms with Crippen LogP contribution in [-0.4, -0.2) is 117 Å². The quantitative estimate of drug-likeness (QED) is 0.150. The summed E-state index contributed by atoms with van der Waals surface area (Å²) in [5.41, 5.74) is 9.71. The average Bonchev–Trinajstić information content (AvgIpc) is 3.92. The number of hydrazine groups is 1. The Hall–Kier alpha value is -5.93. The summed E-state index contributed by atoms with van der Waals surface area (Å²) in [5, 5.41) is 5.46. The molecule has 5 atom stereocenters. The summed E-state index contributed by atoms with van der Waals surface area (Å²) in [7, 11) is 3.28. The van der Waals surface area contributed by atoms with Crippen LogP contribution >= 0.6 is 0 Å². The van der Waals surface area contributed by atoms with E-state index in [1.54, 1.807) is 25.3 Å². The van der Waals surface area contributed by atoms with Gasteiger partial charge in [-0.25, -0.2) is 5.43 Å². The minimum Gasteiger partial charge on any atom is -0.464 e. The molecule has 0 aliphatic carbocycles. The van der Waals surface area contributed by atoms with E-state index in [0.29, 0.717) is 56.7 Å². The van der Waals surface area contributed by atoms with E-state index in [2.05, 4.69) is 66.9 Å². The maximum absolute atomic E-state index is 14.7. The van der Waals surface area contributed by atoms with Crippen LogP contribution in [0.2, 0.25) is 0 Å². The van der Waals surface area contributed by atoms with Gasteiger partial charge in [0.25, 0.3) is 5.91 Å². The number of hydrogen-bond acceptors (Lipinski definition) is 10. The molecular weight excluding hydrogens is 825 g/mol. The number of fused-ring (bicyclic) bond motifs is 6. The summed E-state index contributed by atoms with van der Waals surface area (Å²) >= 11 is 0. The van der Waals surface area contributed by atoms with Gasteiger partial charge in [0.15, 0.2) is 0 Å². The molecular formula is C50H64N8O7.